The Balaban J connectivity index is 2.03. The number of nitrogens with zero attached hydrogens (tertiary/aromatic N) is 2. The van der Waals surface area contributed by atoms with E-state index in [9.17, 15) is 9.59 Å². The number of thioether (sulfide) groups is 1. The van der Waals surface area contributed by atoms with Gasteiger partial charge in [0.15, 0.2) is 5.12 Å². The summed E-state index contributed by atoms with van der Waals surface area (Å²) < 4.78 is 0.856. The summed E-state index contributed by atoms with van der Waals surface area (Å²) in [6, 6.07) is 1.88. The molecule has 1 fully saturated rings. The molecule has 2 heterocycles. The number of rotatable bonds is 3. The summed E-state index contributed by atoms with van der Waals surface area (Å²) in [5, 5.41) is 0.102. The molecule has 1 aromatic heterocycles. The molecule has 0 radical (unpaired) electrons. The monoisotopic (exact) mass is 328 g/mol. The Hall–Kier alpha value is -0.880. The summed E-state index contributed by atoms with van der Waals surface area (Å²) in [5.41, 5.74) is 0.810. The predicted octanol–water partition coefficient (Wildman–Crippen LogP) is 2.48. The van der Waals surface area contributed by atoms with Gasteiger partial charge in [-0.15, -0.1) is 0 Å². The first-order chi connectivity index (χ1) is 8.56. The molecule has 0 saturated carbocycles. The third-order valence-electron chi connectivity index (χ3n) is 2.73. The standard InChI is InChI=1S/C12H13BrN2O2S/c1-8(16)18-7-9-2-12(17)15(6-9)11-3-10(13)4-14-5-11/h3-5,9H,2,6-7H2,1H3. The Morgan fingerprint density at radius 1 is 1.61 bits per heavy atom. The molecule has 96 valence electrons. The summed E-state index contributed by atoms with van der Waals surface area (Å²) in [6.45, 7) is 2.22. The predicted molar refractivity (Wildman–Crippen MR) is 75.5 cm³/mol. The number of hydrogen-bond donors (Lipinski definition) is 0. The quantitative estimate of drug-likeness (QED) is 0.855. The van der Waals surface area contributed by atoms with Crippen LogP contribution in [0.5, 0.6) is 0 Å². The zero-order valence-electron chi connectivity index (χ0n) is 9.93. The van der Waals surface area contributed by atoms with Gasteiger partial charge in [0.1, 0.15) is 0 Å². The molecule has 0 aromatic carbocycles. The van der Waals surface area contributed by atoms with Gasteiger partial charge >= 0.3 is 0 Å². The van der Waals surface area contributed by atoms with Crippen LogP contribution in [-0.2, 0) is 9.59 Å². The topological polar surface area (TPSA) is 50.3 Å². The highest BCUT2D eigenvalue weighted by Gasteiger charge is 2.30. The Labute approximate surface area is 118 Å². The number of carbonyl (C=O) groups excluding carboxylic acids is 2. The van der Waals surface area contributed by atoms with Crippen molar-refractivity contribution < 1.29 is 9.59 Å². The van der Waals surface area contributed by atoms with Crippen molar-refractivity contribution in [2.45, 2.75) is 13.3 Å². The maximum absolute atomic E-state index is 11.9. The van der Waals surface area contributed by atoms with Gasteiger partial charge in [-0.05, 0) is 27.9 Å². The molecule has 4 nitrogen and oxygen atoms in total. The second kappa shape index (κ2) is 5.84. The van der Waals surface area contributed by atoms with E-state index >= 15 is 0 Å². The lowest BCUT2D eigenvalue weighted by Crippen LogP contribution is -2.24. The van der Waals surface area contributed by atoms with Crippen LogP contribution in [0.2, 0.25) is 0 Å². The normalized spacial score (nSPS) is 19.3. The van der Waals surface area contributed by atoms with Crippen LogP contribution in [0.4, 0.5) is 5.69 Å². The van der Waals surface area contributed by atoms with Gasteiger partial charge in [-0.3, -0.25) is 14.6 Å². The number of aromatic nitrogens is 1. The summed E-state index contributed by atoms with van der Waals surface area (Å²) in [4.78, 5) is 28.7. The number of anilines is 1. The zero-order valence-corrected chi connectivity index (χ0v) is 12.3. The molecule has 6 heteroatoms. The fraction of sp³-hybridized carbons (Fsp3) is 0.417. The van der Waals surface area contributed by atoms with E-state index in [1.165, 1.54) is 11.8 Å². The molecule has 1 aromatic rings. The van der Waals surface area contributed by atoms with Gasteiger partial charge in [0.2, 0.25) is 5.91 Å². The molecule has 0 bridgehead atoms. The van der Waals surface area contributed by atoms with Crippen LogP contribution in [0.1, 0.15) is 13.3 Å². The molecule has 1 aliphatic heterocycles. The van der Waals surface area contributed by atoms with Gasteiger partial charge in [0, 0.05) is 36.3 Å². The van der Waals surface area contributed by atoms with E-state index in [1.54, 1.807) is 24.2 Å². The van der Waals surface area contributed by atoms with Crippen LogP contribution in [0.15, 0.2) is 22.9 Å². The van der Waals surface area contributed by atoms with Gasteiger partial charge in [0.05, 0.1) is 11.9 Å². The molecule has 1 saturated heterocycles. The maximum atomic E-state index is 11.9. The van der Waals surface area contributed by atoms with Crippen molar-refractivity contribution in [2.24, 2.45) is 5.92 Å². The molecular formula is C12H13BrN2O2S. The summed E-state index contributed by atoms with van der Waals surface area (Å²) >= 11 is 4.63. The summed E-state index contributed by atoms with van der Waals surface area (Å²) in [7, 11) is 0. The zero-order chi connectivity index (χ0) is 13.1. The molecule has 0 N–H and O–H groups in total. The second-order valence-corrected chi connectivity index (χ2v) is 6.35. The molecule has 0 spiro atoms. The van der Waals surface area contributed by atoms with E-state index in [4.69, 9.17) is 0 Å². The van der Waals surface area contributed by atoms with E-state index in [-0.39, 0.29) is 16.9 Å². The molecule has 18 heavy (non-hydrogen) atoms. The van der Waals surface area contributed by atoms with Crippen molar-refractivity contribution in [2.75, 3.05) is 17.2 Å². The van der Waals surface area contributed by atoms with Crippen molar-refractivity contribution in [3.05, 3.63) is 22.9 Å². The minimum Gasteiger partial charge on any atom is -0.311 e. The Bertz CT molecular complexity index is 481. The van der Waals surface area contributed by atoms with Gasteiger partial charge in [0.25, 0.3) is 0 Å². The van der Waals surface area contributed by atoms with Gasteiger partial charge in [-0.2, -0.15) is 0 Å². The number of halogens is 1. The largest absolute Gasteiger partial charge is 0.311 e. The molecular weight excluding hydrogens is 316 g/mol. The van der Waals surface area contributed by atoms with Crippen LogP contribution in [-0.4, -0.2) is 28.3 Å². The summed E-state index contributed by atoms with van der Waals surface area (Å²) in [6.07, 6.45) is 3.88. The lowest BCUT2D eigenvalue weighted by atomic mass is 10.1. The first kappa shape index (κ1) is 13.5. The van der Waals surface area contributed by atoms with E-state index in [0.717, 1.165) is 10.2 Å². The Morgan fingerprint density at radius 3 is 3.06 bits per heavy atom. The van der Waals surface area contributed by atoms with Crippen LogP contribution in [0.3, 0.4) is 0 Å². The minimum atomic E-state index is 0.101. The Morgan fingerprint density at radius 2 is 2.39 bits per heavy atom. The van der Waals surface area contributed by atoms with Crippen molar-refractivity contribution >= 4 is 44.4 Å². The molecule has 1 amide bonds. The van der Waals surface area contributed by atoms with Crippen molar-refractivity contribution in [3.8, 4) is 0 Å². The lowest BCUT2D eigenvalue weighted by Gasteiger charge is -2.16. The summed E-state index contributed by atoms with van der Waals surface area (Å²) in [5.74, 6) is 1.05. The average molecular weight is 329 g/mol. The SMILES string of the molecule is CC(=O)SCC1CC(=O)N(c2cncc(Br)c2)C1. The maximum Gasteiger partial charge on any atom is 0.227 e. The molecule has 0 aliphatic carbocycles. The van der Waals surface area contributed by atoms with Crippen LogP contribution < -0.4 is 4.90 Å². The van der Waals surface area contributed by atoms with Crippen molar-refractivity contribution in [3.63, 3.8) is 0 Å². The smallest absolute Gasteiger partial charge is 0.227 e. The fourth-order valence-corrected chi connectivity index (χ4v) is 2.97. The number of hydrogen-bond acceptors (Lipinski definition) is 4. The number of amides is 1. The first-order valence-corrected chi connectivity index (χ1v) is 7.38. The highest BCUT2D eigenvalue weighted by molar-refractivity contribution is 9.10. The van der Waals surface area contributed by atoms with Gasteiger partial charge in [-0.1, -0.05) is 11.8 Å². The highest BCUT2D eigenvalue weighted by Crippen LogP contribution is 2.28. The molecule has 1 unspecified atom stereocenters. The van der Waals surface area contributed by atoms with Crippen LogP contribution >= 0.6 is 27.7 Å². The highest BCUT2D eigenvalue weighted by atomic mass is 79.9. The van der Waals surface area contributed by atoms with E-state index in [2.05, 4.69) is 20.9 Å². The number of carbonyl (C=O) groups is 2. The van der Waals surface area contributed by atoms with Crippen molar-refractivity contribution in [1.29, 1.82) is 0 Å². The van der Waals surface area contributed by atoms with Crippen LogP contribution in [0, 0.1) is 5.92 Å². The van der Waals surface area contributed by atoms with E-state index in [1.807, 2.05) is 6.07 Å². The number of pyridine rings is 1. The molecule has 1 atom stereocenters. The Kier molecular flexibility index (Phi) is 4.40. The molecule has 1 aliphatic rings. The minimum absolute atomic E-state index is 0.101. The first-order valence-electron chi connectivity index (χ1n) is 5.60. The third-order valence-corrected chi connectivity index (χ3v) is 4.21. The van der Waals surface area contributed by atoms with Gasteiger partial charge in [-0.25, -0.2) is 0 Å². The fourth-order valence-electron chi connectivity index (χ4n) is 1.93. The third kappa shape index (κ3) is 3.32. The van der Waals surface area contributed by atoms with Gasteiger partial charge < -0.3 is 4.90 Å². The van der Waals surface area contributed by atoms with Crippen LogP contribution in [0.25, 0.3) is 0 Å². The van der Waals surface area contributed by atoms with E-state index in [0.29, 0.717) is 18.7 Å². The second-order valence-electron chi connectivity index (χ2n) is 4.24. The van der Waals surface area contributed by atoms with Crippen molar-refractivity contribution in [1.82, 2.24) is 4.98 Å². The lowest BCUT2D eigenvalue weighted by molar-refractivity contribution is -0.117. The average Bonchev–Trinajstić information content (AvgIpc) is 2.68. The van der Waals surface area contributed by atoms with E-state index < -0.39 is 0 Å². The molecule has 2 rings (SSSR count).